The molecule has 0 aromatic carbocycles. The number of nitrogens with zero attached hydrogens (tertiary/aromatic N) is 1. The normalized spacial score (nSPS) is 20.5. The predicted octanol–water partition coefficient (Wildman–Crippen LogP) is 0.904. The van der Waals surface area contributed by atoms with Crippen LogP contribution in [0, 0.1) is 11.8 Å². The molecule has 1 N–H and O–H groups in total. The SMILES string of the molecule is CC(C)CS(=O)(=O)NCC1CCN(C)CC1. The quantitative estimate of drug-likeness (QED) is 0.786. The molecule has 0 atom stereocenters. The molecule has 0 radical (unpaired) electrons. The smallest absolute Gasteiger partial charge is 0.211 e. The molecule has 4 nitrogen and oxygen atoms in total. The lowest BCUT2D eigenvalue weighted by Crippen LogP contribution is -2.38. The molecular formula is C11H24N2O2S. The summed E-state index contributed by atoms with van der Waals surface area (Å²) < 4.78 is 26.0. The fourth-order valence-electron chi connectivity index (χ4n) is 2.01. The molecule has 0 amide bonds. The van der Waals surface area contributed by atoms with Gasteiger partial charge in [-0.05, 0) is 44.8 Å². The summed E-state index contributed by atoms with van der Waals surface area (Å²) in [5.41, 5.74) is 0. The topological polar surface area (TPSA) is 49.4 Å². The maximum absolute atomic E-state index is 11.6. The highest BCUT2D eigenvalue weighted by molar-refractivity contribution is 7.89. The van der Waals surface area contributed by atoms with Crippen molar-refractivity contribution in [2.24, 2.45) is 11.8 Å². The fourth-order valence-corrected chi connectivity index (χ4v) is 3.49. The van der Waals surface area contributed by atoms with Crippen LogP contribution in [-0.4, -0.2) is 45.8 Å². The first-order valence-corrected chi connectivity index (χ1v) is 7.70. The number of nitrogens with one attached hydrogen (secondary N) is 1. The van der Waals surface area contributed by atoms with E-state index in [4.69, 9.17) is 0 Å². The van der Waals surface area contributed by atoms with Crippen LogP contribution in [0.15, 0.2) is 0 Å². The Balaban J connectivity index is 2.29. The van der Waals surface area contributed by atoms with Crippen LogP contribution in [0.2, 0.25) is 0 Å². The lowest BCUT2D eigenvalue weighted by atomic mass is 9.98. The zero-order chi connectivity index (χ0) is 12.2. The Hall–Kier alpha value is -0.130. The van der Waals surface area contributed by atoms with Gasteiger partial charge in [0.25, 0.3) is 0 Å². The Morgan fingerprint density at radius 3 is 2.38 bits per heavy atom. The minimum absolute atomic E-state index is 0.190. The minimum atomic E-state index is -3.06. The van der Waals surface area contributed by atoms with E-state index in [0.29, 0.717) is 12.5 Å². The average Bonchev–Trinajstić information content (AvgIpc) is 2.15. The minimum Gasteiger partial charge on any atom is -0.306 e. The van der Waals surface area contributed by atoms with Crippen LogP contribution >= 0.6 is 0 Å². The molecule has 1 aliphatic rings. The standard InChI is InChI=1S/C11H24N2O2S/c1-10(2)9-16(14,15)12-8-11-4-6-13(3)7-5-11/h10-12H,4-9H2,1-3H3. The van der Waals surface area contributed by atoms with Gasteiger partial charge < -0.3 is 4.90 Å². The Morgan fingerprint density at radius 2 is 1.88 bits per heavy atom. The molecule has 1 saturated heterocycles. The Morgan fingerprint density at radius 1 is 1.31 bits per heavy atom. The average molecular weight is 248 g/mol. The Kier molecular flexibility index (Phi) is 5.21. The third kappa shape index (κ3) is 5.27. The van der Waals surface area contributed by atoms with Gasteiger partial charge in [-0.2, -0.15) is 0 Å². The van der Waals surface area contributed by atoms with E-state index in [1.54, 1.807) is 0 Å². The molecule has 0 aliphatic carbocycles. The number of likely N-dealkylation sites (tertiary alicyclic amines) is 1. The number of hydrogen-bond acceptors (Lipinski definition) is 3. The van der Waals surface area contributed by atoms with Crippen molar-refractivity contribution >= 4 is 10.0 Å². The monoisotopic (exact) mass is 248 g/mol. The molecule has 1 heterocycles. The van der Waals surface area contributed by atoms with Crippen LogP contribution in [0.5, 0.6) is 0 Å². The highest BCUT2D eigenvalue weighted by Gasteiger charge is 2.19. The number of hydrogen-bond donors (Lipinski definition) is 1. The van der Waals surface area contributed by atoms with Gasteiger partial charge in [0.15, 0.2) is 0 Å². The van der Waals surface area contributed by atoms with E-state index < -0.39 is 10.0 Å². The zero-order valence-corrected chi connectivity index (χ0v) is 11.4. The zero-order valence-electron chi connectivity index (χ0n) is 10.6. The molecule has 96 valence electrons. The van der Waals surface area contributed by atoms with Gasteiger partial charge in [0.05, 0.1) is 5.75 Å². The third-order valence-electron chi connectivity index (χ3n) is 2.98. The van der Waals surface area contributed by atoms with Crippen molar-refractivity contribution in [3.8, 4) is 0 Å². The second kappa shape index (κ2) is 5.98. The molecular weight excluding hydrogens is 224 g/mol. The van der Waals surface area contributed by atoms with E-state index in [1.165, 1.54) is 0 Å². The van der Waals surface area contributed by atoms with Crippen LogP contribution in [0.3, 0.4) is 0 Å². The van der Waals surface area contributed by atoms with Gasteiger partial charge in [-0.3, -0.25) is 0 Å². The Labute approximate surface area is 99.5 Å². The van der Waals surface area contributed by atoms with Gasteiger partial charge >= 0.3 is 0 Å². The summed E-state index contributed by atoms with van der Waals surface area (Å²) in [7, 11) is -0.947. The number of rotatable bonds is 5. The summed E-state index contributed by atoms with van der Waals surface area (Å²) in [5.74, 6) is 0.938. The van der Waals surface area contributed by atoms with E-state index >= 15 is 0 Å². The molecule has 1 fully saturated rings. The van der Waals surface area contributed by atoms with E-state index in [0.717, 1.165) is 25.9 Å². The summed E-state index contributed by atoms with van der Waals surface area (Å²) >= 11 is 0. The van der Waals surface area contributed by atoms with Crippen molar-refractivity contribution in [3.63, 3.8) is 0 Å². The highest BCUT2D eigenvalue weighted by atomic mass is 32.2. The molecule has 1 aliphatic heterocycles. The second-order valence-electron chi connectivity index (χ2n) is 5.27. The number of piperidine rings is 1. The maximum Gasteiger partial charge on any atom is 0.211 e. The Bertz CT molecular complexity index is 293. The summed E-state index contributed by atoms with van der Waals surface area (Å²) in [6.07, 6.45) is 2.20. The molecule has 0 spiro atoms. The van der Waals surface area contributed by atoms with Gasteiger partial charge in [0.2, 0.25) is 10.0 Å². The molecule has 0 unspecified atom stereocenters. The van der Waals surface area contributed by atoms with Crippen LogP contribution in [-0.2, 0) is 10.0 Å². The lowest BCUT2D eigenvalue weighted by molar-refractivity contribution is 0.220. The van der Waals surface area contributed by atoms with E-state index in [2.05, 4.69) is 16.7 Å². The van der Waals surface area contributed by atoms with Gasteiger partial charge in [0.1, 0.15) is 0 Å². The lowest BCUT2D eigenvalue weighted by Gasteiger charge is -2.28. The van der Waals surface area contributed by atoms with Crippen LogP contribution in [0.25, 0.3) is 0 Å². The van der Waals surface area contributed by atoms with Crippen molar-refractivity contribution in [1.82, 2.24) is 9.62 Å². The van der Waals surface area contributed by atoms with Crippen LogP contribution in [0.4, 0.5) is 0 Å². The first kappa shape index (κ1) is 13.9. The number of sulfonamides is 1. The second-order valence-corrected chi connectivity index (χ2v) is 7.12. The summed E-state index contributed by atoms with van der Waals surface area (Å²) in [6, 6.07) is 0. The third-order valence-corrected chi connectivity index (χ3v) is 4.69. The first-order chi connectivity index (χ1) is 7.39. The first-order valence-electron chi connectivity index (χ1n) is 6.05. The fraction of sp³-hybridized carbons (Fsp3) is 1.00. The van der Waals surface area contributed by atoms with Crippen molar-refractivity contribution in [3.05, 3.63) is 0 Å². The summed E-state index contributed by atoms with van der Waals surface area (Å²) in [6.45, 7) is 6.62. The molecule has 16 heavy (non-hydrogen) atoms. The van der Waals surface area contributed by atoms with Crippen molar-refractivity contribution in [1.29, 1.82) is 0 Å². The van der Waals surface area contributed by atoms with E-state index in [9.17, 15) is 8.42 Å². The van der Waals surface area contributed by atoms with E-state index in [1.807, 2.05) is 13.8 Å². The largest absolute Gasteiger partial charge is 0.306 e. The summed E-state index contributed by atoms with van der Waals surface area (Å²) in [5, 5.41) is 0. The molecule has 1 rings (SSSR count). The molecule has 0 aromatic heterocycles. The van der Waals surface area contributed by atoms with Crippen molar-refractivity contribution in [2.45, 2.75) is 26.7 Å². The van der Waals surface area contributed by atoms with Crippen LogP contribution in [0.1, 0.15) is 26.7 Å². The van der Waals surface area contributed by atoms with Crippen molar-refractivity contribution < 1.29 is 8.42 Å². The highest BCUT2D eigenvalue weighted by Crippen LogP contribution is 2.15. The van der Waals surface area contributed by atoms with Crippen LogP contribution < -0.4 is 4.72 Å². The van der Waals surface area contributed by atoms with Gasteiger partial charge in [-0.15, -0.1) is 0 Å². The van der Waals surface area contributed by atoms with Gasteiger partial charge in [0, 0.05) is 6.54 Å². The maximum atomic E-state index is 11.6. The molecule has 0 aromatic rings. The van der Waals surface area contributed by atoms with Gasteiger partial charge in [-0.1, -0.05) is 13.8 Å². The molecule has 0 saturated carbocycles. The predicted molar refractivity (Wildman–Crippen MR) is 66.8 cm³/mol. The van der Waals surface area contributed by atoms with E-state index in [-0.39, 0.29) is 11.7 Å². The van der Waals surface area contributed by atoms with Crippen molar-refractivity contribution in [2.75, 3.05) is 32.4 Å². The summed E-state index contributed by atoms with van der Waals surface area (Å²) in [4.78, 5) is 2.29. The molecule has 5 heteroatoms. The van der Waals surface area contributed by atoms with Gasteiger partial charge in [-0.25, -0.2) is 13.1 Å². The molecule has 0 bridgehead atoms.